The molecular weight excluding hydrogens is 268 g/mol. The molecule has 0 aromatic heterocycles. The van der Waals surface area contributed by atoms with Gasteiger partial charge in [-0.2, -0.15) is 0 Å². The van der Waals surface area contributed by atoms with Crippen molar-refractivity contribution in [2.75, 3.05) is 0 Å². The second-order valence-electron chi connectivity index (χ2n) is 6.81. The van der Waals surface area contributed by atoms with Crippen LogP contribution in [0.5, 0.6) is 0 Å². The number of hydrogen-bond donors (Lipinski definition) is 1. The van der Waals surface area contributed by atoms with Crippen molar-refractivity contribution in [1.29, 1.82) is 0 Å². The van der Waals surface area contributed by atoms with Crippen molar-refractivity contribution in [3.05, 3.63) is 24.3 Å². The highest BCUT2D eigenvalue weighted by Gasteiger charge is 2.61. The van der Waals surface area contributed by atoms with Crippen LogP contribution in [0.15, 0.2) is 24.3 Å². The molecule has 3 fully saturated rings. The van der Waals surface area contributed by atoms with Crippen LogP contribution in [0.4, 0.5) is 0 Å². The zero-order valence-corrected chi connectivity index (χ0v) is 12.4. The van der Waals surface area contributed by atoms with Crippen LogP contribution in [0.25, 0.3) is 0 Å². The number of rotatable bonds is 2. The van der Waals surface area contributed by atoms with Gasteiger partial charge < -0.3 is 9.84 Å². The van der Waals surface area contributed by atoms with Gasteiger partial charge in [-0.25, -0.2) is 4.79 Å². The summed E-state index contributed by atoms with van der Waals surface area (Å²) in [5.74, 6) is -0.830. The normalized spacial score (nSPS) is 42.3. The average Bonchev–Trinajstić information content (AvgIpc) is 2.81. The Morgan fingerprint density at radius 3 is 2.67 bits per heavy atom. The molecule has 5 atom stereocenters. The van der Waals surface area contributed by atoms with E-state index in [4.69, 9.17) is 4.74 Å². The molecule has 0 aromatic carbocycles. The van der Waals surface area contributed by atoms with Crippen LogP contribution >= 0.6 is 0 Å². The van der Waals surface area contributed by atoms with Gasteiger partial charge in [0.2, 0.25) is 0 Å². The molecule has 0 radical (unpaired) electrons. The molecule has 1 heterocycles. The van der Waals surface area contributed by atoms with Gasteiger partial charge in [-0.1, -0.05) is 24.3 Å². The number of fused-ring (bicyclic) bond motifs is 3. The fraction of sp³-hybridized carbons (Fsp3) is 0.647. The van der Waals surface area contributed by atoms with Gasteiger partial charge in [-0.15, -0.1) is 0 Å². The quantitative estimate of drug-likeness (QED) is 0.625. The smallest absolute Gasteiger partial charge is 0.339 e. The lowest BCUT2D eigenvalue weighted by atomic mass is 9.76. The molecule has 0 aromatic rings. The van der Waals surface area contributed by atoms with Crippen LogP contribution in [0.3, 0.4) is 0 Å². The third-order valence-corrected chi connectivity index (χ3v) is 5.46. The Morgan fingerprint density at radius 2 is 2.00 bits per heavy atom. The number of aliphatic hydroxyl groups is 1. The number of hydrogen-bond acceptors (Lipinski definition) is 4. The maximum absolute atomic E-state index is 12.2. The van der Waals surface area contributed by atoms with E-state index in [1.165, 1.54) is 6.92 Å². The molecule has 1 aliphatic heterocycles. The van der Waals surface area contributed by atoms with Gasteiger partial charge in [0.05, 0.1) is 0 Å². The minimum atomic E-state index is -1.67. The van der Waals surface area contributed by atoms with Gasteiger partial charge in [-0.3, -0.25) is 4.79 Å². The molecule has 1 saturated heterocycles. The molecule has 1 N–H and O–H groups in total. The predicted molar refractivity (Wildman–Crippen MR) is 77.3 cm³/mol. The Kier molecular flexibility index (Phi) is 3.32. The van der Waals surface area contributed by atoms with Crippen molar-refractivity contribution in [2.45, 2.75) is 50.7 Å². The predicted octanol–water partition coefficient (Wildman–Crippen LogP) is 2.17. The lowest BCUT2D eigenvalue weighted by Gasteiger charge is -2.29. The van der Waals surface area contributed by atoms with Gasteiger partial charge in [-0.05, 0) is 38.5 Å². The fourth-order valence-corrected chi connectivity index (χ4v) is 4.46. The van der Waals surface area contributed by atoms with Crippen molar-refractivity contribution < 1.29 is 19.4 Å². The first-order valence-corrected chi connectivity index (χ1v) is 7.63. The molecule has 0 unspecified atom stereocenters. The van der Waals surface area contributed by atoms with Crippen LogP contribution < -0.4 is 0 Å². The van der Waals surface area contributed by atoms with Crippen LogP contribution in [-0.4, -0.2) is 28.6 Å². The van der Waals surface area contributed by atoms with Gasteiger partial charge in [0.25, 0.3) is 0 Å². The topological polar surface area (TPSA) is 63.6 Å². The standard InChI is InChI=1S/C17H22O4/c1-9-5-7-13-15(14-10(2)4-6-12(9)14)21-16(19)17(13,20)8-11(3)18/h12-15,20H,1-2,4-8H2,3H3/t12-,13+,14-,15-,17+/m0/s1. The minimum absolute atomic E-state index is 0.0509. The molecule has 0 spiro atoms. The lowest BCUT2D eigenvalue weighted by Crippen LogP contribution is -2.44. The number of ketones is 1. The van der Waals surface area contributed by atoms with E-state index in [1.807, 2.05) is 0 Å². The molecule has 2 aliphatic carbocycles. The minimum Gasteiger partial charge on any atom is -0.459 e. The number of carbonyl (C=O) groups excluding carboxylic acids is 2. The van der Waals surface area contributed by atoms with E-state index in [1.54, 1.807) is 0 Å². The second-order valence-corrected chi connectivity index (χ2v) is 6.81. The Morgan fingerprint density at radius 1 is 1.33 bits per heavy atom. The summed E-state index contributed by atoms with van der Waals surface area (Å²) < 4.78 is 5.55. The highest BCUT2D eigenvalue weighted by Crippen LogP contribution is 2.53. The van der Waals surface area contributed by atoms with Crippen LogP contribution in [0.2, 0.25) is 0 Å². The van der Waals surface area contributed by atoms with Crippen molar-refractivity contribution in [2.24, 2.45) is 17.8 Å². The number of Topliss-reactive ketones (excluding diaryl/α,β-unsaturated/α-hetero) is 1. The number of allylic oxidation sites excluding steroid dienone is 1. The first kappa shape index (κ1) is 14.5. The van der Waals surface area contributed by atoms with Crippen molar-refractivity contribution >= 4 is 11.8 Å². The molecule has 4 heteroatoms. The third kappa shape index (κ3) is 2.08. The van der Waals surface area contributed by atoms with Gasteiger partial charge in [0.1, 0.15) is 11.9 Å². The van der Waals surface area contributed by atoms with E-state index in [0.29, 0.717) is 12.3 Å². The Hall–Kier alpha value is -1.42. The number of ether oxygens (including phenoxy) is 1. The summed E-state index contributed by atoms with van der Waals surface area (Å²) in [6.45, 7) is 9.70. The summed E-state index contributed by atoms with van der Waals surface area (Å²) >= 11 is 0. The molecule has 4 nitrogen and oxygen atoms in total. The number of esters is 1. The van der Waals surface area contributed by atoms with Crippen LogP contribution in [-0.2, 0) is 14.3 Å². The molecule has 0 amide bonds. The maximum atomic E-state index is 12.2. The summed E-state index contributed by atoms with van der Waals surface area (Å²) in [6, 6.07) is 0. The first-order valence-electron chi connectivity index (χ1n) is 7.63. The van der Waals surface area contributed by atoms with E-state index in [-0.39, 0.29) is 30.1 Å². The number of carbonyl (C=O) groups is 2. The van der Waals surface area contributed by atoms with Gasteiger partial charge >= 0.3 is 5.97 Å². The van der Waals surface area contributed by atoms with E-state index >= 15 is 0 Å². The summed E-state index contributed by atoms with van der Waals surface area (Å²) in [4.78, 5) is 23.7. The van der Waals surface area contributed by atoms with E-state index < -0.39 is 11.6 Å². The van der Waals surface area contributed by atoms with Gasteiger partial charge in [0, 0.05) is 18.3 Å². The molecular formula is C17H22O4. The van der Waals surface area contributed by atoms with Crippen LogP contribution in [0.1, 0.15) is 39.0 Å². The molecule has 3 rings (SSSR count). The summed E-state index contributed by atoms with van der Waals surface area (Å²) in [5, 5.41) is 10.8. The molecule has 21 heavy (non-hydrogen) atoms. The molecule has 114 valence electrons. The molecule has 0 bridgehead atoms. The summed E-state index contributed by atoms with van der Waals surface area (Å²) in [7, 11) is 0. The molecule has 3 aliphatic rings. The maximum Gasteiger partial charge on any atom is 0.339 e. The first-order chi connectivity index (χ1) is 9.84. The van der Waals surface area contributed by atoms with E-state index in [0.717, 1.165) is 30.4 Å². The SMILES string of the molecule is C=C1CC[C@H]2C(=C)CC[C@@H]3[C@H](OC(=O)[C@@]3(O)CC(C)=O)[C@@H]12. The highest BCUT2D eigenvalue weighted by molar-refractivity contribution is 5.89. The summed E-state index contributed by atoms with van der Waals surface area (Å²) in [6.07, 6.45) is 2.80. The lowest BCUT2D eigenvalue weighted by molar-refractivity contribution is -0.158. The monoisotopic (exact) mass is 290 g/mol. The fourth-order valence-electron chi connectivity index (χ4n) is 4.46. The zero-order valence-electron chi connectivity index (χ0n) is 12.4. The van der Waals surface area contributed by atoms with Crippen molar-refractivity contribution in [3.8, 4) is 0 Å². The molecule has 2 saturated carbocycles. The highest BCUT2D eigenvalue weighted by atomic mass is 16.6. The van der Waals surface area contributed by atoms with Crippen molar-refractivity contribution in [1.82, 2.24) is 0 Å². The second kappa shape index (κ2) is 4.80. The summed E-state index contributed by atoms with van der Waals surface area (Å²) in [5.41, 5.74) is 0.571. The zero-order chi connectivity index (χ0) is 15.4. The van der Waals surface area contributed by atoms with E-state index in [2.05, 4.69) is 13.2 Å². The Bertz CT molecular complexity index is 535. The largest absolute Gasteiger partial charge is 0.459 e. The third-order valence-electron chi connectivity index (χ3n) is 5.46. The van der Waals surface area contributed by atoms with Gasteiger partial charge in [0.15, 0.2) is 5.60 Å². The van der Waals surface area contributed by atoms with Crippen LogP contribution in [0, 0.1) is 17.8 Å². The van der Waals surface area contributed by atoms with E-state index in [9.17, 15) is 14.7 Å². The Labute approximate surface area is 124 Å². The Balaban J connectivity index is 1.99. The average molecular weight is 290 g/mol. The van der Waals surface area contributed by atoms with Crippen molar-refractivity contribution in [3.63, 3.8) is 0 Å².